The van der Waals surface area contributed by atoms with Crippen LogP contribution in [0.2, 0.25) is 0 Å². The lowest BCUT2D eigenvalue weighted by Crippen LogP contribution is -2.45. The van der Waals surface area contributed by atoms with E-state index in [0.29, 0.717) is 6.42 Å². The van der Waals surface area contributed by atoms with Gasteiger partial charge in [0, 0.05) is 0 Å². The predicted molar refractivity (Wildman–Crippen MR) is 82.0 cm³/mol. The van der Waals surface area contributed by atoms with Gasteiger partial charge in [-0.15, -0.1) is 0 Å². The molecule has 1 rings (SSSR count). The second kappa shape index (κ2) is 8.42. The fraction of sp³-hybridized carbons (Fsp3) is 0.500. The minimum absolute atomic E-state index is 0.283. The van der Waals surface area contributed by atoms with Gasteiger partial charge in [0.2, 0.25) is 5.91 Å². The maximum Gasteiger partial charge on any atom is 0.326 e. The predicted octanol–water partition coefficient (Wildman–Crippen LogP) is 2.05. The van der Waals surface area contributed by atoms with E-state index in [1.54, 1.807) is 19.0 Å². The molecule has 0 aromatic heterocycles. The molecule has 0 aliphatic carbocycles. The molecular weight excluding hydrogens is 268 g/mol. The van der Waals surface area contributed by atoms with Gasteiger partial charge in [0.25, 0.3) is 0 Å². The van der Waals surface area contributed by atoms with Crippen LogP contribution in [0.25, 0.3) is 0 Å². The van der Waals surface area contributed by atoms with Crippen LogP contribution in [-0.2, 0) is 9.59 Å². The van der Waals surface area contributed by atoms with E-state index in [4.69, 9.17) is 0 Å². The lowest BCUT2D eigenvalue weighted by Gasteiger charge is -2.25. The van der Waals surface area contributed by atoms with E-state index in [1.165, 1.54) is 0 Å². The van der Waals surface area contributed by atoms with Gasteiger partial charge in [-0.3, -0.25) is 9.69 Å². The molecule has 116 valence electrons. The van der Waals surface area contributed by atoms with E-state index in [0.717, 1.165) is 18.4 Å². The topological polar surface area (TPSA) is 69.6 Å². The zero-order valence-electron chi connectivity index (χ0n) is 12.9. The van der Waals surface area contributed by atoms with Crippen LogP contribution in [0.1, 0.15) is 37.8 Å². The Kier molecular flexibility index (Phi) is 6.88. The molecule has 1 unspecified atom stereocenters. The number of carbonyl (C=O) groups excluding carboxylic acids is 1. The molecule has 0 saturated carbocycles. The quantitative estimate of drug-likeness (QED) is 0.769. The Morgan fingerprint density at radius 3 is 2.33 bits per heavy atom. The van der Waals surface area contributed by atoms with Gasteiger partial charge in [-0.05, 0) is 26.1 Å². The van der Waals surface area contributed by atoms with Crippen LogP contribution in [0.15, 0.2) is 30.3 Å². The second-order valence-electron chi connectivity index (χ2n) is 5.32. The highest BCUT2D eigenvalue weighted by Gasteiger charge is 2.27. The van der Waals surface area contributed by atoms with Crippen LogP contribution < -0.4 is 5.32 Å². The van der Waals surface area contributed by atoms with Gasteiger partial charge in [0.15, 0.2) is 0 Å². The third-order valence-electron chi connectivity index (χ3n) is 3.34. The molecule has 2 atom stereocenters. The first kappa shape index (κ1) is 17.2. The Labute approximate surface area is 126 Å². The summed E-state index contributed by atoms with van der Waals surface area (Å²) in [5.74, 6) is -1.27. The summed E-state index contributed by atoms with van der Waals surface area (Å²) in [4.78, 5) is 25.5. The zero-order valence-corrected chi connectivity index (χ0v) is 12.9. The lowest BCUT2D eigenvalue weighted by atomic mass is 10.0. The van der Waals surface area contributed by atoms with Crippen molar-refractivity contribution in [2.45, 2.75) is 38.3 Å². The molecule has 0 saturated heterocycles. The largest absolute Gasteiger partial charge is 0.480 e. The highest BCUT2D eigenvalue weighted by Crippen LogP contribution is 2.18. The van der Waals surface area contributed by atoms with Crippen molar-refractivity contribution in [2.24, 2.45) is 0 Å². The molecule has 0 heterocycles. The number of benzene rings is 1. The van der Waals surface area contributed by atoms with Crippen LogP contribution in [0, 0.1) is 0 Å². The molecule has 0 radical (unpaired) electrons. The van der Waals surface area contributed by atoms with E-state index in [9.17, 15) is 14.7 Å². The van der Waals surface area contributed by atoms with Gasteiger partial charge in [-0.2, -0.15) is 0 Å². The van der Waals surface area contributed by atoms with E-state index < -0.39 is 18.1 Å². The maximum atomic E-state index is 12.4. The van der Waals surface area contributed by atoms with Crippen molar-refractivity contribution < 1.29 is 14.7 Å². The van der Waals surface area contributed by atoms with Crippen molar-refractivity contribution in [1.29, 1.82) is 0 Å². The SMILES string of the molecule is CCCC[C@H](NC(=O)C(c1ccccc1)N(C)C)C(=O)O. The first-order valence-electron chi connectivity index (χ1n) is 7.22. The number of carboxylic acid groups (broad SMARTS) is 1. The maximum absolute atomic E-state index is 12.4. The Bertz CT molecular complexity index is 460. The average Bonchev–Trinajstić information content (AvgIpc) is 2.44. The van der Waals surface area contributed by atoms with E-state index in [-0.39, 0.29) is 5.91 Å². The van der Waals surface area contributed by atoms with Gasteiger partial charge in [-0.25, -0.2) is 4.79 Å². The molecule has 0 spiro atoms. The summed E-state index contributed by atoms with van der Waals surface area (Å²) in [6, 6.07) is 8.03. The number of aliphatic carboxylic acids is 1. The molecule has 5 nitrogen and oxygen atoms in total. The molecule has 2 N–H and O–H groups in total. The summed E-state index contributed by atoms with van der Waals surface area (Å²) in [6.45, 7) is 1.99. The summed E-state index contributed by atoms with van der Waals surface area (Å²) >= 11 is 0. The summed E-state index contributed by atoms with van der Waals surface area (Å²) in [7, 11) is 3.61. The van der Waals surface area contributed by atoms with E-state index >= 15 is 0 Å². The Morgan fingerprint density at radius 2 is 1.86 bits per heavy atom. The molecular formula is C16H24N2O3. The fourth-order valence-electron chi connectivity index (χ4n) is 2.24. The summed E-state index contributed by atoms with van der Waals surface area (Å²) < 4.78 is 0. The van der Waals surface area contributed by atoms with Crippen LogP contribution in [0.3, 0.4) is 0 Å². The lowest BCUT2D eigenvalue weighted by molar-refractivity contribution is -0.142. The van der Waals surface area contributed by atoms with Gasteiger partial charge >= 0.3 is 5.97 Å². The Hall–Kier alpha value is -1.88. The zero-order chi connectivity index (χ0) is 15.8. The number of nitrogens with one attached hydrogen (secondary N) is 1. The highest BCUT2D eigenvalue weighted by atomic mass is 16.4. The third-order valence-corrected chi connectivity index (χ3v) is 3.34. The third kappa shape index (κ3) is 5.19. The number of hydrogen-bond acceptors (Lipinski definition) is 3. The van der Waals surface area contributed by atoms with Crippen molar-refractivity contribution in [2.75, 3.05) is 14.1 Å². The molecule has 0 aliphatic rings. The minimum atomic E-state index is -0.984. The van der Waals surface area contributed by atoms with Gasteiger partial charge in [-0.1, -0.05) is 50.1 Å². The summed E-state index contributed by atoms with van der Waals surface area (Å²) in [5, 5.41) is 11.9. The minimum Gasteiger partial charge on any atom is -0.480 e. The van der Waals surface area contributed by atoms with Gasteiger partial charge in [0.05, 0.1) is 0 Å². The fourth-order valence-corrected chi connectivity index (χ4v) is 2.24. The van der Waals surface area contributed by atoms with Crippen LogP contribution in [0.4, 0.5) is 0 Å². The smallest absolute Gasteiger partial charge is 0.326 e. The second-order valence-corrected chi connectivity index (χ2v) is 5.32. The summed E-state index contributed by atoms with van der Waals surface area (Å²) in [6.07, 6.45) is 2.12. The highest BCUT2D eigenvalue weighted by molar-refractivity contribution is 5.87. The molecule has 21 heavy (non-hydrogen) atoms. The van der Waals surface area contributed by atoms with Crippen molar-refractivity contribution in [1.82, 2.24) is 10.2 Å². The van der Waals surface area contributed by atoms with Crippen molar-refractivity contribution in [3.63, 3.8) is 0 Å². The number of nitrogens with zero attached hydrogens (tertiary/aromatic N) is 1. The van der Waals surface area contributed by atoms with Crippen molar-refractivity contribution in [3.8, 4) is 0 Å². The van der Waals surface area contributed by atoms with E-state index in [2.05, 4.69) is 5.32 Å². The number of likely N-dealkylation sites (N-methyl/N-ethyl adjacent to an activating group) is 1. The van der Waals surface area contributed by atoms with Crippen molar-refractivity contribution in [3.05, 3.63) is 35.9 Å². The molecule has 0 aliphatic heterocycles. The Morgan fingerprint density at radius 1 is 1.24 bits per heavy atom. The number of unbranched alkanes of at least 4 members (excludes halogenated alkanes) is 1. The van der Waals surface area contributed by atoms with Crippen molar-refractivity contribution >= 4 is 11.9 Å². The van der Waals surface area contributed by atoms with Gasteiger partial charge < -0.3 is 10.4 Å². The average molecular weight is 292 g/mol. The monoisotopic (exact) mass is 292 g/mol. The van der Waals surface area contributed by atoms with E-state index in [1.807, 2.05) is 37.3 Å². The Balaban J connectivity index is 2.84. The first-order valence-corrected chi connectivity index (χ1v) is 7.22. The van der Waals surface area contributed by atoms with Crippen LogP contribution in [-0.4, -0.2) is 42.0 Å². The molecule has 5 heteroatoms. The normalized spacial score (nSPS) is 13.7. The molecule has 1 aromatic rings. The first-order chi connectivity index (χ1) is 9.97. The summed E-state index contributed by atoms with van der Waals surface area (Å²) in [5.41, 5.74) is 0.847. The molecule has 1 amide bonds. The number of hydrogen-bond donors (Lipinski definition) is 2. The number of carbonyl (C=O) groups is 2. The molecule has 0 fully saturated rings. The van der Waals surface area contributed by atoms with Gasteiger partial charge in [0.1, 0.15) is 12.1 Å². The number of carboxylic acids is 1. The number of amides is 1. The van der Waals surface area contributed by atoms with Crippen LogP contribution in [0.5, 0.6) is 0 Å². The van der Waals surface area contributed by atoms with Crippen LogP contribution >= 0.6 is 0 Å². The number of rotatable bonds is 8. The standard InChI is InChI=1S/C16H24N2O3/c1-4-5-11-13(16(20)21)17-15(19)14(18(2)3)12-9-7-6-8-10-12/h6-10,13-14H,4-5,11H2,1-3H3,(H,17,19)(H,20,21)/t13-,14?/m0/s1. The molecule has 0 bridgehead atoms. The molecule has 1 aromatic carbocycles.